The zero-order valence-corrected chi connectivity index (χ0v) is 39.7. The maximum absolute atomic E-state index is 14.5. The van der Waals surface area contributed by atoms with Crippen molar-refractivity contribution in [1.82, 2.24) is 10.2 Å². The molecule has 6 aromatic rings. The number of hydrogen-bond donors (Lipinski definition) is 4. The Bertz CT molecular complexity index is 2410. The number of anilines is 1. The third-order valence-electron chi connectivity index (χ3n) is 12.0. The van der Waals surface area contributed by atoms with Crippen LogP contribution in [0.2, 0.25) is 0 Å². The van der Waals surface area contributed by atoms with E-state index in [0.29, 0.717) is 61.3 Å². The maximum Gasteiger partial charge on any atom is 0.410 e. The number of likely N-dealkylation sites (tertiary alicyclic amines) is 1. The predicted octanol–water partition coefficient (Wildman–Crippen LogP) is 11.4. The van der Waals surface area contributed by atoms with E-state index in [4.69, 9.17) is 4.74 Å². The van der Waals surface area contributed by atoms with Gasteiger partial charge in [-0.15, -0.1) is 11.8 Å². The van der Waals surface area contributed by atoms with Gasteiger partial charge < -0.3 is 30.5 Å². The summed E-state index contributed by atoms with van der Waals surface area (Å²) in [4.78, 5) is 30.4. The lowest BCUT2D eigenvalue weighted by Crippen LogP contribution is -2.43. The summed E-state index contributed by atoms with van der Waals surface area (Å²) in [5, 5.41) is 28.9. The molecule has 1 aliphatic heterocycles. The number of hydrogen-bond acceptors (Lipinski definition) is 8. The van der Waals surface area contributed by atoms with Gasteiger partial charge >= 0.3 is 6.09 Å². The summed E-state index contributed by atoms with van der Waals surface area (Å²) in [5.41, 5.74) is 5.93. The molecule has 1 heterocycles. The predicted molar refractivity (Wildman–Crippen MR) is 268 cm³/mol. The molecule has 6 aromatic carbocycles. The summed E-state index contributed by atoms with van der Waals surface area (Å²) in [6.45, 7) is 6.49. The van der Waals surface area contributed by atoms with E-state index in [1.165, 1.54) is 18.2 Å². The van der Waals surface area contributed by atoms with Crippen molar-refractivity contribution in [2.24, 2.45) is 0 Å². The molecule has 0 aliphatic carbocycles. The Kier molecular flexibility index (Phi) is 16.2. The number of para-hydroxylation sites is 1. The first-order valence-electron chi connectivity index (χ1n) is 22.6. The zero-order chi connectivity index (χ0) is 46.7. The molecule has 11 heteroatoms. The number of benzene rings is 6. The van der Waals surface area contributed by atoms with Crippen LogP contribution in [-0.4, -0.2) is 75.1 Å². The van der Waals surface area contributed by atoms with E-state index < -0.39 is 22.5 Å². The molecular weight excluding hydrogens is 866 g/mol. The number of nitrogens with one attached hydrogen (secondary N) is 2. The molecule has 8 nitrogen and oxygen atoms in total. The lowest BCUT2D eigenvalue weighted by atomic mass is 9.84. The summed E-state index contributed by atoms with van der Waals surface area (Å²) in [5.74, 6) is -0.0421. The monoisotopic (exact) mass is 925 g/mol. The largest absolute Gasteiger partial charge is 0.508 e. The number of aliphatic hydroxyl groups is 1. The summed E-state index contributed by atoms with van der Waals surface area (Å²) in [7, 11) is 0. The quantitative estimate of drug-likeness (QED) is 0.0631. The Balaban J connectivity index is 1.19. The standard InChI is InChI=1S/C55H60FN3O5S2/c1-54(2,3)64-53(63)59-37-46(66-55(40-16-8-5-9-17-40,41-18-10-6-11-19-41)42-20-12-7-13-21-42)35-45(59)36-57-44-31-28-39(27-24-38-25-29-43(56)30-26-38)48(34-44)52(62)58-49(32-33-65-4)51(61)47-22-14-15-23-50(47)60/h5-23,25-26,28-31,34,45-46,49,51,57,60-61H,24,27,32-33,35-37H2,1-4H3,(H,58,62)/t45-,46-,49-,51?/m0/s1. The van der Waals surface area contributed by atoms with E-state index >= 15 is 0 Å². The van der Waals surface area contributed by atoms with Gasteiger partial charge in [0.05, 0.1) is 16.8 Å². The highest BCUT2D eigenvalue weighted by Crippen LogP contribution is 2.52. The number of aryl methyl sites for hydroxylation is 2. The Morgan fingerprint density at radius 1 is 0.803 bits per heavy atom. The number of thioether (sulfide) groups is 2. The molecule has 2 amide bonds. The highest BCUT2D eigenvalue weighted by atomic mass is 32.2. The number of aromatic hydroxyl groups is 1. The molecule has 4 N–H and O–H groups in total. The Morgan fingerprint density at radius 2 is 1.39 bits per heavy atom. The lowest BCUT2D eigenvalue weighted by molar-refractivity contribution is 0.0235. The Hall–Kier alpha value is -5.75. The van der Waals surface area contributed by atoms with Crippen LogP contribution in [0.15, 0.2) is 158 Å². The van der Waals surface area contributed by atoms with Crippen molar-refractivity contribution in [3.05, 3.63) is 202 Å². The first-order chi connectivity index (χ1) is 31.8. The third kappa shape index (κ3) is 12.0. The fourth-order valence-electron chi connectivity index (χ4n) is 8.71. The number of phenolic OH excluding ortho intramolecular Hbond substituents is 1. The molecule has 66 heavy (non-hydrogen) atoms. The third-order valence-corrected chi connectivity index (χ3v) is 14.3. The first kappa shape index (κ1) is 48.2. The van der Waals surface area contributed by atoms with Crippen LogP contribution in [0.1, 0.15) is 83.5 Å². The smallest absolute Gasteiger partial charge is 0.410 e. The van der Waals surface area contributed by atoms with Crippen LogP contribution in [-0.2, 0) is 22.3 Å². The molecule has 4 atom stereocenters. The molecule has 0 saturated carbocycles. The van der Waals surface area contributed by atoms with Gasteiger partial charge in [-0.25, -0.2) is 9.18 Å². The number of carbonyl (C=O) groups is 2. The average Bonchev–Trinajstić information content (AvgIpc) is 3.74. The SMILES string of the molecule is CSCC[C@H](NC(=O)c1cc(NC[C@@H]2C[C@H](SC(c3ccccc3)(c3ccccc3)c3ccccc3)CN2C(=O)OC(C)(C)C)ccc1CCc1ccc(F)cc1)C(O)c1ccccc1O. The number of halogens is 1. The van der Waals surface area contributed by atoms with Gasteiger partial charge in [-0.3, -0.25) is 4.79 Å². The second-order valence-electron chi connectivity index (χ2n) is 17.8. The number of rotatable bonds is 18. The van der Waals surface area contributed by atoms with E-state index in [0.717, 1.165) is 27.8 Å². The minimum atomic E-state index is -1.15. The molecule has 0 aromatic heterocycles. The molecule has 1 fully saturated rings. The van der Waals surface area contributed by atoms with Crippen LogP contribution in [0, 0.1) is 5.82 Å². The van der Waals surface area contributed by atoms with E-state index in [9.17, 15) is 24.2 Å². The van der Waals surface area contributed by atoms with Crippen LogP contribution in [0.25, 0.3) is 0 Å². The number of phenols is 1. The molecule has 1 aliphatic rings. The minimum Gasteiger partial charge on any atom is -0.508 e. The van der Waals surface area contributed by atoms with Crippen molar-refractivity contribution in [2.75, 3.05) is 30.4 Å². The average molecular weight is 926 g/mol. The number of carbonyl (C=O) groups excluding carboxylic acids is 2. The fraction of sp³-hybridized carbons (Fsp3) is 0.309. The lowest BCUT2D eigenvalue weighted by Gasteiger charge is -2.37. The van der Waals surface area contributed by atoms with Crippen LogP contribution in [0.5, 0.6) is 5.75 Å². The van der Waals surface area contributed by atoms with Gasteiger partial charge in [-0.1, -0.05) is 127 Å². The van der Waals surface area contributed by atoms with Crippen LogP contribution in [0.4, 0.5) is 14.9 Å². The molecule has 0 radical (unpaired) electrons. The van der Waals surface area contributed by atoms with Gasteiger partial charge in [0.15, 0.2) is 0 Å². The topological polar surface area (TPSA) is 111 Å². The van der Waals surface area contributed by atoms with Gasteiger partial charge in [-0.05, 0) is 117 Å². The van der Waals surface area contributed by atoms with Crippen molar-refractivity contribution in [2.45, 2.75) is 80.2 Å². The second kappa shape index (κ2) is 22.2. The van der Waals surface area contributed by atoms with E-state index in [1.54, 1.807) is 42.1 Å². The van der Waals surface area contributed by atoms with E-state index in [1.807, 2.05) is 80.1 Å². The van der Waals surface area contributed by atoms with Gasteiger partial charge in [0, 0.05) is 35.2 Å². The number of amides is 2. The van der Waals surface area contributed by atoms with Crippen molar-refractivity contribution in [3.63, 3.8) is 0 Å². The normalized spacial score (nSPS) is 16.1. The maximum atomic E-state index is 14.5. The minimum absolute atomic E-state index is 0.00816. The van der Waals surface area contributed by atoms with E-state index in [-0.39, 0.29) is 34.9 Å². The second-order valence-corrected chi connectivity index (χ2v) is 20.3. The summed E-state index contributed by atoms with van der Waals surface area (Å²) in [6, 6.07) is 49.4. The van der Waals surface area contributed by atoms with Crippen LogP contribution < -0.4 is 10.6 Å². The van der Waals surface area contributed by atoms with Crippen molar-refractivity contribution in [1.29, 1.82) is 0 Å². The number of nitrogens with zero attached hydrogens (tertiary/aromatic N) is 1. The fourth-order valence-corrected chi connectivity index (χ4v) is 11.1. The Morgan fingerprint density at radius 3 is 1.97 bits per heavy atom. The molecule has 0 spiro atoms. The van der Waals surface area contributed by atoms with Crippen molar-refractivity contribution >= 4 is 41.2 Å². The molecule has 7 rings (SSSR count). The van der Waals surface area contributed by atoms with Crippen molar-refractivity contribution < 1.29 is 28.9 Å². The molecule has 0 bridgehead atoms. The van der Waals surface area contributed by atoms with Crippen molar-refractivity contribution in [3.8, 4) is 5.75 Å². The van der Waals surface area contributed by atoms with Gasteiger partial charge in [0.25, 0.3) is 5.91 Å². The van der Waals surface area contributed by atoms with Crippen LogP contribution in [0.3, 0.4) is 0 Å². The Labute approximate surface area is 397 Å². The zero-order valence-electron chi connectivity index (χ0n) is 38.0. The number of aliphatic hydroxyl groups excluding tert-OH is 1. The van der Waals surface area contributed by atoms with Gasteiger partial charge in [0.1, 0.15) is 23.3 Å². The van der Waals surface area contributed by atoms with E-state index in [2.05, 4.69) is 83.4 Å². The van der Waals surface area contributed by atoms with Crippen LogP contribution >= 0.6 is 23.5 Å². The summed E-state index contributed by atoms with van der Waals surface area (Å²) >= 11 is 3.47. The molecule has 1 unspecified atom stereocenters. The summed E-state index contributed by atoms with van der Waals surface area (Å²) < 4.78 is 19.2. The highest BCUT2D eigenvalue weighted by molar-refractivity contribution is 8.01. The summed E-state index contributed by atoms with van der Waals surface area (Å²) in [6.07, 6.45) is 2.66. The molecular formula is C55H60FN3O5S2. The van der Waals surface area contributed by atoms with Gasteiger partial charge in [0.2, 0.25) is 0 Å². The number of ether oxygens (including phenoxy) is 1. The van der Waals surface area contributed by atoms with Gasteiger partial charge in [-0.2, -0.15) is 11.8 Å². The first-order valence-corrected chi connectivity index (χ1v) is 24.8. The highest BCUT2D eigenvalue weighted by Gasteiger charge is 2.45. The molecule has 1 saturated heterocycles. The molecule has 344 valence electrons.